The molecule has 0 spiro atoms. The summed E-state index contributed by atoms with van der Waals surface area (Å²) in [7, 11) is 1.57. The van der Waals surface area contributed by atoms with E-state index < -0.39 is 0 Å². The second-order valence-corrected chi connectivity index (χ2v) is 7.34. The number of amides is 1. The molecule has 0 unspecified atom stereocenters. The molecule has 0 atom stereocenters. The van der Waals surface area contributed by atoms with E-state index in [-0.39, 0.29) is 12.5 Å². The van der Waals surface area contributed by atoms with Crippen LogP contribution in [-0.4, -0.2) is 44.3 Å². The number of ether oxygens (including phenoxy) is 1. The third-order valence-electron chi connectivity index (χ3n) is 4.39. The normalized spacial score (nSPS) is 10.8. The van der Waals surface area contributed by atoms with Crippen molar-refractivity contribution in [1.29, 1.82) is 0 Å². The van der Waals surface area contributed by atoms with Gasteiger partial charge in [-0.15, -0.1) is 11.3 Å². The number of rotatable bonds is 8. The quantitative estimate of drug-likeness (QED) is 0.471. The Labute approximate surface area is 177 Å². The number of hydrogen-bond acceptors (Lipinski definition) is 7. The van der Waals surface area contributed by atoms with Crippen LogP contribution in [0, 0.1) is 0 Å². The van der Waals surface area contributed by atoms with Crippen LogP contribution in [0.3, 0.4) is 0 Å². The Hall–Kier alpha value is -3.43. The van der Waals surface area contributed by atoms with E-state index in [9.17, 15) is 4.79 Å². The standard InChI is InChI=1S/C21H20N6O2S/c1-29-14-18-16(20(28)23-10-7-15-5-2-3-9-22-15)13-25-27(18)21-24-11-8-17(26-21)19-6-4-12-30-19/h2-6,8-9,11-13H,7,10,14H2,1H3,(H,23,28). The summed E-state index contributed by atoms with van der Waals surface area (Å²) in [6.45, 7) is 0.674. The molecule has 4 aromatic rings. The number of hydrogen-bond donors (Lipinski definition) is 1. The Morgan fingerprint density at radius 2 is 2.10 bits per heavy atom. The van der Waals surface area contributed by atoms with E-state index >= 15 is 0 Å². The molecule has 9 heteroatoms. The van der Waals surface area contributed by atoms with Crippen LogP contribution >= 0.6 is 11.3 Å². The monoisotopic (exact) mass is 420 g/mol. The SMILES string of the molecule is COCc1c(C(=O)NCCc2ccccn2)cnn1-c1nccc(-c2cccs2)n1. The fourth-order valence-electron chi connectivity index (χ4n) is 2.97. The van der Waals surface area contributed by atoms with Crippen LogP contribution in [0.2, 0.25) is 0 Å². The van der Waals surface area contributed by atoms with Gasteiger partial charge in [0.05, 0.1) is 34.6 Å². The van der Waals surface area contributed by atoms with Crippen LogP contribution in [0.15, 0.2) is 60.4 Å². The van der Waals surface area contributed by atoms with Crippen molar-refractivity contribution >= 4 is 17.2 Å². The molecule has 1 amide bonds. The maximum atomic E-state index is 12.7. The van der Waals surface area contributed by atoms with Crippen molar-refractivity contribution in [1.82, 2.24) is 30.0 Å². The van der Waals surface area contributed by atoms with Gasteiger partial charge in [0.15, 0.2) is 0 Å². The van der Waals surface area contributed by atoms with Gasteiger partial charge in [0.2, 0.25) is 0 Å². The predicted molar refractivity (Wildman–Crippen MR) is 113 cm³/mol. The minimum atomic E-state index is -0.223. The molecule has 0 aliphatic rings. The minimum Gasteiger partial charge on any atom is -0.378 e. The summed E-state index contributed by atoms with van der Waals surface area (Å²) in [5.74, 6) is 0.166. The smallest absolute Gasteiger partial charge is 0.254 e. The van der Waals surface area contributed by atoms with Crippen LogP contribution in [0.1, 0.15) is 21.7 Å². The van der Waals surface area contributed by atoms with E-state index in [0.717, 1.165) is 16.3 Å². The lowest BCUT2D eigenvalue weighted by molar-refractivity contribution is 0.0948. The Morgan fingerprint density at radius 3 is 2.87 bits per heavy atom. The molecular weight excluding hydrogens is 400 g/mol. The summed E-state index contributed by atoms with van der Waals surface area (Å²) in [5.41, 5.74) is 2.75. The molecule has 0 aliphatic heterocycles. The third kappa shape index (κ3) is 4.42. The number of nitrogens with zero attached hydrogens (tertiary/aromatic N) is 5. The van der Waals surface area contributed by atoms with E-state index in [0.29, 0.717) is 30.2 Å². The number of carbonyl (C=O) groups excluding carboxylic acids is 1. The number of methoxy groups -OCH3 is 1. The number of aromatic nitrogens is 5. The fourth-order valence-corrected chi connectivity index (χ4v) is 3.66. The van der Waals surface area contributed by atoms with Crippen molar-refractivity contribution in [2.75, 3.05) is 13.7 Å². The van der Waals surface area contributed by atoms with Crippen LogP contribution < -0.4 is 5.32 Å². The molecule has 30 heavy (non-hydrogen) atoms. The Morgan fingerprint density at radius 1 is 1.17 bits per heavy atom. The van der Waals surface area contributed by atoms with Gasteiger partial charge in [-0.05, 0) is 29.6 Å². The van der Waals surface area contributed by atoms with Gasteiger partial charge in [-0.25, -0.2) is 9.97 Å². The molecule has 0 radical (unpaired) electrons. The molecule has 0 saturated heterocycles. The first-order chi connectivity index (χ1) is 14.8. The maximum absolute atomic E-state index is 12.7. The van der Waals surface area contributed by atoms with Crippen molar-refractivity contribution in [2.24, 2.45) is 0 Å². The van der Waals surface area contributed by atoms with E-state index in [2.05, 4.69) is 25.4 Å². The number of pyridine rings is 1. The summed E-state index contributed by atoms with van der Waals surface area (Å²) in [4.78, 5) is 27.0. The molecular formula is C21H20N6O2S. The second kappa shape index (κ2) is 9.38. The average Bonchev–Trinajstić information content (AvgIpc) is 3.45. The average molecular weight is 420 g/mol. The number of carbonyl (C=O) groups is 1. The van der Waals surface area contributed by atoms with E-state index in [1.54, 1.807) is 35.5 Å². The Balaban J connectivity index is 1.54. The van der Waals surface area contributed by atoms with Crippen molar-refractivity contribution < 1.29 is 9.53 Å². The van der Waals surface area contributed by atoms with Gasteiger partial charge < -0.3 is 10.1 Å². The van der Waals surface area contributed by atoms with Gasteiger partial charge >= 0.3 is 0 Å². The van der Waals surface area contributed by atoms with E-state index in [4.69, 9.17) is 4.74 Å². The molecule has 8 nitrogen and oxygen atoms in total. The number of nitrogens with one attached hydrogen (secondary N) is 1. The summed E-state index contributed by atoms with van der Waals surface area (Å²) in [5, 5.41) is 9.27. The first kappa shape index (κ1) is 19.9. The van der Waals surface area contributed by atoms with Crippen molar-refractivity contribution in [2.45, 2.75) is 13.0 Å². The molecule has 0 aliphatic carbocycles. The molecule has 4 aromatic heterocycles. The van der Waals surface area contributed by atoms with Crippen LogP contribution in [0.5, 0.6) is 0 Å². The molecule has 4 rings (SSSR count). The zero-order chi connectivity index (χ0) is 20.8. The zero-order valence-electron chi connectivity index (χ0n) is 16.4. The van der Waals surface area contributed by atoms with E-state index in [1.807, 2.05) is 41.8 Å². The van der Waals surface area contributed by atoms with Crippen LogP contribution in [0.25, 0.3) is 16.5 Å². The Bertz CT molecular complexity index is 1110. The largest absolute Gasteiger partial charge is 0.378 e. The molecule has 0 saturated carbocycles. The fraction of sp³-hybridized carbons (Fsp3) is 0.190. The first-order valence-corrected chi connectivity index (χ1v) is 10.3. The lowest BCUT2D eigenvalue weighted by Gasteiger charge is -2.09. The van der Waals surface area contributed by atoms with Crippen molar-refractivity contribution in [3.8, 4) is 16.5 Å². The third-order valence-corrected chi connectivity index (χ3v) is 5.29. The van der Waals surface area contributed by atoms with Crippen molar-refractivity contribution in [3.05, 3.63) is 77.3 Å². The highest BCUT2D eigenvalue weighted by Crippen LogP contribution is 2.23. The predicted octanol–water partition coefficient (Wildman–Crippen LogP) is 2.90. The topological polar surface area (TPSA) is 94.8 Å². The molecule has 4 heterocycles. The van der Waals surface area contributed by atoms with Gasteiger partial charge in [-0.2, -0.15) is 9.78 Å². The second-order valence-electron chi connectivity index (χ2n) is 6.40. The molecule has 1 N–H and O–H groups in total. The number of thiophene rings is 1. The molecule has 0 fully saturated rings. The lowest BCUT2D eigenvalue weighted by atomic mass is 10.2. The summed E-state index contributed by atoms with van der Waals surface area (Å²) >= 11 is 1.60. The molecule has 152 valence electrons. The molecule has 0 bridgehead atoms. The summed E-state index contributed by atoms with van der Waals surface area (Å²) in [6.07, 6.45) is 5.59. The van der Waals surface area contributed by atoms with Gasteiger partial charge in [0.1, 0.15) is 0 Å². The van der Waals surface area contributed by atoms with Gasteiger partial charge in [0.25, 0.3) is 11.9 Å². The highest BCUT2D eigenvalue weighted by Gasteiger charge is 2.20. The van der Waals surface area contributed by atoms with Gasteiger partial charge in [-0.1, -0.05) is 12.1 Å². The van der Waals surface area contributed by atoms with E-state index in [1.165, 1.54) is 6.20 Å². The zero-order valence-corrected chi connectivity index (χ0v) is 17.2. The van der Waals surface area contributed by atoms with Crippen LogP contribution in [-0.2, 0) is 17.8 Å². The van der Waals surface area contributed by atoms with Crippen LogP contribution in [0.4, 0.5) is 0 Å². The Kier molecular flexibility index (Phi) is 6.21. The highest BCUT2D eigenvalue weighted by molar-refractivity contribution is 7.13. The molecule has 0 aromatic carbocycles. The summed E-state index contributed by atoms with van der Waals surface area (Å²) in [6, 6.07) is 11.5. The summed E-state index contributed by atoms with van der Waals surface area (Å²) < 4.78 is 6.86. The highest BCUT2D eigenvalue weighted by atomic mass is 32.1. The van der Waals surface area contributed by atoms with Gasteiger partial charge in [-0.3, -0.25) is 9.78 Å². The minimum absolute atomic E-state index is 0.204. The first-order valence-electron chi connectivity index (χ1n) is 9.37. The maximum Gasteiger partial charge on any atom is 0.254 e. The lowest BCUT2D eigenvalue weighted by Crippen LogP contribution is -2.27. The van der Waals surface area contributed by atoms with Gasteiger partial charge in [0, 0.05) is 38.2 Å². The van der Waals surface area contributed by atoms with Crippen molar-refractivity contribution in [3.63, 3.8) is 0 Å².